The van der Waals surface area contributed by atoms with Crippen molar-refractivity contribution < 1.29 is 20.1 Å². The Morgan fingerprint density at radius 2 is 2.22 bits per heavy atom. The third-order valence-electron chi connectivity index (χ3n) is 1.09. The number of aliphatic hydroxyl groups excluding tert-OH is 2. The molecule has 0 radical (unpaired) electrons. The van der Waals surface area contributed by atoms with Gasteiger partial charge < -0.3 is 20.1 Å². The maximum atomic E-state index is 9.91. The van der Waals surface area contributed by atoms with E-state index in [0.29, 0.717) is 0 Å². The summed E-state index contributed by atoms with van der Waals surface area (Å²) in [5.41, 5.74) is -1.82. The molecular formula is C5H10O4. The van der Waals surface area contributed by atoms with Crippen LogP contribution in [0.1, 0.15) is 6.92 Å². The topological polar surface area (TPSA) is 77.8 Å². The SMILES string of the molecule is CC(O)(C=O)C(O)CO. The molecule has 0 aromatic carbocycles. The first kappa shape index (κ1) is 8.55. The molecule has 0 heterocycles. The van der Waals surface area contributed by atoms with Gasteiger partial charge in [-0.15, -0.1) is 0 Å². The van der Waals surface area contributed by atoms with Crippen LogP contribution in [0.4, 0.5) is 0 Å². The fraction of sp³-hybridized carbons (Fsp3) is 0.800. The van der Waals surface area contributed by atoms with Crippen LogP contribution in [0.15, 0.2) is 0 Å². The van der Waals surface area contributed by atoms with E-state index in [9.17, 15) is 4.79 Å². The molecule has 3 N–H and O–H groups in total. The van der Waals surface area contributed by atoms with E-state index in [-0.39, 0.29) is 6.29 Å². The first-order chi connectivity index (χ1) is 4.04. The van der Waals surface area contributed by atoms with Crippen LogP contribution < -0.4 is 0 Å². The Morgan fingerprint density at radius 3 is 2.33 bits per heavy atom. The van der Waals surface area contributed by atoms with Crippen LogP contribution in [0, 0.1) is 0 Å². The molecule has 2 unspecified atom stereocenters. The van der Waals surface area contributed by atoms with Gasteiger partial charge in [0.05, 0.1) is 6.61 Å². The summed E-state index contributed by atoms with van der Waals surface area (Å²) in [7, 11) is 0. The third kappa shape index (κ3) is 2.09. The van der Waals surface area contributed by atoms with Crippen molar-refractivity contribution in [2.24, 2.45) is 0 Å². The summed E-state index contributed by atoms with van der Waals surface area (Å²) in [5.74, 6) is 0. The number of aldehydes is 1. The van der Waals surface area contributed by atoms with Crippen molar-refractivity contribution in [3.05, 3.63) is 0 Å². The van der Waals surface area contributed by atoms with Gasteiger partial charge in [-0.25, -0.2) is 0 Å². The van der Waals surface area contributed by atoms with Crippen LogP contribution in [0.25, 0.3) is 0 Å². The summed E-state index contributed by atoms with van der Waals surface area (Å²) in [6, 6.07) is 0. The van der Waals surface area contributed by atoms with Crippen LogP contribution >= 0.6 is 0 Å². The minimum absolute atomic E-state index is 0.188. The largest absolute Gasteiger partial charge is 0.394 e. The highest BCUT2D eigenvalue weighted by Gasteiger charge is 2.28. The number of hydrogen-bond donors (Lipinski definition) is 3. The summed E-state index contributed by atoms with van der Waals surface area (Å²) in [6.07, 6.45) is -1.21. The Kier molecular flexibility index (Phi) is 2.76. The van der Waals surface area contributed by atoms with Gasteiger partial charge in [0.2, 0.25) is 0 Å². The van der Waals surface area contributed by atoms with Gasteiger partial charge in [-0.3, -0.25) is 0 Å². The van der Waals surface area contributed by atoms with Crippen LogP contribution in [0.5, 0.6) is 0 Å². The Balaban J connectivity index is 3.95. The smallest absolute Gasteiger partial charge is 0.154 e. The lowest BCUT2D eigenvalue weighted by atomic mass is 10.0. The van der Waals surface area contributed by atoms with Crippen LogP contribution in [0.3, 0.4) is 0 Å². The average Bonchev–Trinajstić information content (AvgIpc) is 1.86. The Labute approximate surface area is 52.7 Å². The molecule has 0 bridgehead atoms. The quantitative estimate of drug-likeness (QED) is 0.402. The standard InChI is InChI=1S/C5H10O4/c1-5(9,3-7)4(8)2-6/h3-4,6,8-9H,2H2,1H3. The first-order valence-corrected chi connectivity index (χ1v) is 2.52. The molecule has 0 aromatic rings. The number of aliphatic hydroxyl groups is 3. The molecule has 0 aliphatic rings. The van der Waals surface area contributed by atoms with Gasteiger partial charge in [0.1, 0.15) is 11.7 Å². The fourth-order valence-electron chi connectivity index (χ4n) is 0.263. The van der Waals surface area contributed by atoms with Gasteiger partial charge >= 0.3 is 0 Å². The van der Waals surface area contributed by atoms with Crippen molar-refractivity contribution in [3.8, 4) is 0 Å². The van der Waals surface area contributed by atoms with Gasteiger partial charge in [0, 0.05) is 0 Å². The number of carbonyl (C=O) groups excluding carboxylic acids is 1. The van der Waals surface area contributed by atoms with Gasteiger partial charge in [-0.05, 0) is 6.92 Å². The predicted molar refractivity (Wildman–Crippen MR) is 29.8 cm³/mol. The van der Waals surface area contributed by atoms with Crippen molar-refractivity contribution in [3.63, 3.8) is 0 Å². The predicted octanol–water partition coefficient (Wildman–Crippen LogP) is -1.71. The van der Waals surface area contributed by atoms with E-state index in [1.165, 1.54) is 0 Å². The molecule has 4 heteroatoms. The summed E-state index contributed by atoms with van der Waals surface area (Å²) in [6.45, 7) is 0.507. The molecule has 9 heavy (non-hydrogen) atoms. The molecule has 0 spiro atoms. The molecule has 0 aliphatic carbocycles. The second-order valence-electron chi connectivity index (χ2n) is 2.04. The molecular weight excluding hydrogens is 124 g/mol. The van der Waals surface area contributed by atoms with E-state index in [2.05, 4.69) is 0 Å². The highest BCUT2D eigenvalue weighted by atomic mass is 16.4. The average molecular weight is 134 g/mol. The van der Waals surface area contributed by atoms with Crippen LogP contribution in [0.2, 0.25) is 0 Å². The molecule has 0 saturated heterocycles. The molecule has 0 aromatic heterocycles. The Bertz CT molecular complexity index is 99.1. The summed E-state index contributed by atoms with van der Waals surface area (Å²) in [4.78, 5) is 9.91. The minimum atomic E-state index is -1.82. The maximum absolute atomic E-state index is 9.91. The van der Waals surface area contributed by atoms with Gasteiger partial charge in [-0.1, -0.05) is 0 Å². The van der Waals surface area contributed by atoms with E-state index in [0.717, 1.165) is 6.92 Å². The number of carbonyl (C=O) groups is 1. The molecule has 0 saturated carbocycles. The minimum Gasteiger partial charge on any atom is -0.394 e. The van der Waals surface area contributed by atoms with Crippen molar-refractivity contribution in [2.45, 2.75) is 18.6 Å². The van der Waals surface area contributed by atoms with Gasteiger partial charge in [-0.2, -0.15) is 0 Å². The van der Waals surface area contributed by atoms with E-state index in [1.807, 2.05) is 0 Å². The van der Waals surface area contributed by atoms with Crippen LogP contribution in [-0.4, -0.2) is 39.9 Å². The highest BCUT2D eigenvalue weighted by Crippen LogP contribution is 2.04. The van der Waals surface area contributed by atoms with E-state index >= 15 is 0 Å². The first-order valence-electron chi connectivity index (χ1n) is 2.52. The van der Waals surface area contributed by atoms with Crippen molar-refractivity contribution >= 4 is 6.29 Å². The molecule has 0 aliphatic heterocycles. The lowest BCUT2D eigenvalue weighted by Gasteiger charge is -2.20. The van der Waals surface area contributed by atoms with E-state index in [4.69, 9.17) is 15.3 Å². The van der Waals surface area contributed by atoms with E-state index < -0.39 is 18.3 Å². The van der Waals surface area contributed by atoms with Gasteiger partial charge in [0.25, 0.3) is 0 Å². The Hall–Kier alpha value is -0.450. The zero-order valence-electron chi connectivity index (χ0n) is 5.11. The molecule has 2 atom stereocenters. The summed E-state index contributed by atoms with van der Waals surface area (Å²) >= 11 is 0. The summed E-state index contributed by atoms with van der Waals surface area (Å²) in [5, 5.41) is 25.7. The number of rotatable bonds is 3. The molecule has 54 valence electrons. The molecule has 0 fully saturated rings. The van der Waals surface area contributed by atoms with E-state index in [1.54, 1.807) is 0 Å². The third-order valence-corrected chi connectivity index (χ3v) is 1.09. The fourth-order valence-corrected chi connectivity index (χ4v) is 0.263. The van der Waals surface area contributed by atoms with Crippen molar-refractivity contribution in [1.29, 1.82) is 0 Å². The second-order valence-corrected chi connectivity index (χ2v) is 2.04. The van der Waals surface area contributed by atoms with Gasteiger partial charge in [0.15, 0.2) is 6.29 Å². The second kappa shape index (κ2) is 2.91. The van der Waals surface area contributed by atoms with Crippen LogP contribution in [-0.2, 0) is 4.79 Å². The lowest BCUT2D eigenvalue weighted by molar-refractivity contribution is -0.137. The monoisotopic (exact) mass is 134 g/mol. The highest BCUT2D eigenvalue weighted by molar-refractivity contribution is 5.62. The molecule has 4 nitrogen and oxygen atoms in total. The van der Waals surface area contributed by atoms with Crippen molar-refractivity contribution in [2.75, 3.05) is 6.61 Å². The zero-order valence-corrected chi connectivity index (χ0v) is 5.11. The maximum Gasteiger partial charge on any atom is 0.154 e. The summed E-state index contributed by atoms with van der Waals surface area (Å²) < 4.78 is 0. The lowest BCUT2D eigenvalue weighted by Crippen LogP contribution is -2.42. The Morgan fingerprint density at radius 1 is 1.78 bits per heavy atom. The van der Waals surface area contributed by atoms with Crippen molar-refractivity contribution in [1.82, 2.24) is 0 Å². The zero-order chi connectivity index (χ0) is 7.49. The molecule has 0 amide bonds. The number of hydrogen-bond acceptors (Lipinski definition) is 4. The molecule has 0 rings (SSSR count). The normalized spacial score (nSPS) is 20.4.